The van der Waals surface area contributed by atoms with Gasteiger partial charge in [0.2, 0.25) is 0 Å². The van der Waals surface area contributed by atoms with Gasteiger partial charge in [-0.15, -0.1) is 0 Å². The predicted octanol–water partition coefficient (Wildman–Crippen LogP) is 6.53. The third-order valence-electron chi connectivity index (χ3n) is 9.30. The van der Waals surface area contributed by atoms with E-state index in [2.05, 4.69) is 107 Å². The molecule has 8 nitrogen and oxygen atoms in total. The van der Waals surface area contributed by atoms with Gasteiger partial charge in [-0.1, -0.05) is 62.3 Å². The van der Waals surface area contributed by atoms with Crippen LogP contribution in [0.15, 0.2) is 17.1 Å². The van der Waals surface area contributed by atoms with Gasteiger partial charge in [0, 0.05) is 6.20 Å². The van der Waals surface area contributed by atoms with E-state index in [-0.39, 0.29) is 20.9 Å². The molecular formula is C27H55N3O5Si3. The maximum atomic E-state index is 13.0. The Balaban J connectivity index is 2.64. The van der Waals surface area contributed by atoms with Crippen molar-refractivity contribution in [1.82, 2.24) is 9.55 Å². The Bertz CT molecular complexity index is 1020. The Morgan fingerprint density at radius 3 is 1.71 bits per heavy atom. The summed E-state index contributed by atoms with van der Waals surface area (Å²) in [5.74, 6) is 0.179. The second-order valence-electron chi connectivity index (χ2n) is 15.4. The summed E-state index contributed by atoms with van der Waals surface area (Å²) in [6.07, 6.45) is -0.349. The number of nitrogens with zero attached hydrogens (tertiary/aromatic N) is 2. The number of rotatable bonds is 8. The van der Waals surface area contributed by atoms with Crippen LogP contribution in [0.1, 0.15) is 68.5 Å². The van der Waals surface area contributed by atoms with Gasteiger partial charge >= 0.3 is 5.69 Å². The van der Waals surface area contributed by atoms with E-state index in [4.69, 9.17) is 23.7 Å². The molecule has 220 valence electrons. The van der Waals surface area contributed by atoms with E-state index >= 15 is 0 Å². The molecule has 1 aromatic rings. The minimum Gasteiger partial charge on any atom is -0.414 e. The van der Waals surface area contributed by atoms with E-state index in [9.17, 15) is 4.79 Å². The molecule has 1 aliphatic rings. The quantitative estimate of drug-likeness (QED) is 0.347. The minimum absolute atomic E-state index is 0.0168. The molecule has 1 aliphatic heterocycles. The van der Waals surface area contributed by atoms with Gasteiger partial charge in [-0.05, 0) is 60.5 Å². The van der Waals surface area contributed by atoms with E-state index in [1.165, 1.54) is 4.57 Å². The summed E-state index contributed by atoms with van der Waals surface area (Å²) < 4.78 is 29.0. The van der Waals surface area contributed by atoms with Gasteiger partial charge in [0.1, 0.15) is 24.1 Å². The van der Waals surface area contributed by atoms with Crippen molar-refractivity contribution >= 4 is 30.8 Å². The molecule has 4 atom stereocenters. The third kappa shape index (κ3) is 7.27. The molecule has 0 aliphatic carbocycles. The summed E-state index contributed by atoms with van der Waals surface area (Å²) in [5.41, 5.74) is 5.36. The van der Waals surface area contributed by atoms with Crippen LogP contribution in [0.5, 0.6) is 0 Å². The third-order valence-corrected chi connectivity index (χ3v) is 22.7. The molecule has 0 amide bonds. The summed E-state index contributed by atoms with van der Waals surface area (Å²) >= 11 is 0. The summed E-state index contributed by atoms with van der Waals surface area (Å²) in [6, 6.07) is 1.62. The fraction of sp³-hybridized carbons (Fsp3) is 0.852. The molecule has 2 N–H and O–H groups in total. The average molecular weight is 586 g/mol. The van der Waals surface area contributed by atoms with Crippen LogP contribution in [0, 0.1) is 0 Å². The van der Waals surface area contributed by atoms with Crippen molar-refractivity contribution in [3.8, 4) is 0 Å². The number of anilines is 1. The SMILES string of the molecule is CC(C)(C)[Si](C)(C)OC[C@H]1O[C@@H](n2ccc(N)nc2=O)[C@H](O[Si](C)(C)C(C)(C)C)[C@H]1O[Si](C)(C)C(C)(C)C. The van der Waals surface area contributed by atoms with Crippen molar-refractivity contribution in [2.24, 2.45) is 0 Å². The first-order chi connectivity index (χ1) is 16.8. The zero-order valence-electron chi connectivity index (χ0n) is 26.7. The molecule has 2 heterocycles. The summed E-state index contributed by atoms with van der Waals surface area (Å²) in [5, 5.41) is -0.00812. The first-order valence-corrected chi connectivity index (χ1v) is 22.5. The van der Waals surface area contributed by atoms with Crippen molar-refractivity contribution in [3.05, 3.63) is 22.7 Å². The lowest BCUT2D eigenvalue weighted by atomic mass is 10.1. The number of hydrogen-bond acceptors (Lipinski definition) is 7. The fourth-order valence-corrected chi connectivity index (χ4v) is 7.11. The highest BCUT2D eigenvalue weighted by atomic mass is 28.4. The molecule has 0 unspecified atom stereocenters. The lowest BCUT2D eigenvalue weighted by molar-refractivity contribution is -0.0509. The number of nitrogen functional groups attached to an aromatic ring is 1. The molecule has 0 aromatic carbocycles. The Morgan fingerprint density at radius 1 is 0.842 bits per heavy atom. The lowest BCUT2D eigenvalue weighted by Crippen LogP contribution is -2.54. The predicted molar refractivity (Wildman–Crippen MR) is 164 cm³/mol. The molecule has 0 bridgehead atoms. The van der Waals surface area contributed by atoms with Crippen molar-refractivity contribution in [3.63, 3.8) is 0 Å². The molecule has 11 heteroatoms. The molecule has 2 rings (SSSR count). The van der Waals surface area contributed by atoms with Crippen LogP contribution >= 0.6 is 0 Å². The van der Waals surface area contributed by atoms with E-state index in [0.717, 1.165) is 0 Å². The monoisotopic (exact) mass is 585 g/mol. The number of aromatic nitrogens is 2. The summed E-state index contributed by atoms with van der Waals surface area (Å²) in [6.45, 7) is 33.8. The van der Waals surface area contributed by atoms with E-state index in [1.54, 1.807) is 12.3 Å². The normalized spacial score (nSPS) is 24.2. The molecule has 1 aromatic heterocycles. The number of nitrogens with two attached hydrogens (primary N) is 1. The van der Waals surface area contributed by atoms with Crippen LogP contribution in [-0.2, 0) is 18.0 Å². The van der Waals surface area contributed by atoms with Crippen LogP contribution < -0.4 is 11.4 Å². The van der Waals surface area contributed by atoms with Crippen molar-refractivity contribution < 1.29 is 18.0 Å². The first-order valence-electron chi connectivity index (χ1n) is 13.8. The number of hydrogen-bond donors (Lipinski definition) is 1. The van der Waals surface area contributed by atoms with Crippen molar-refractivity contribution in [2.75, 3.05) is 12.3 Å². The molecule has 38 heavy (non-hydrogen) atoms. The maximum Gasteiger partial charge on any atom is 0.351 e. The highest BCUT2D eigenvalue weighted by Crippen LogP contribution is 2.46. The fourth-order valence-electron chi connectivity index (χ4n) is 3.49. The Hall–Kier alpha value is -0.829. The van der Waals surface area contributed by atoms with Crippen LogP contribution in [0.25, 0.3) is 0 Å². The number of ether oxygens (including phenoxy) is 1. The van der Waals surface area contributed by atoms with Gasteiger partial charge in [0.15, 0.2) is 31.2 Å². The summed E-state index contributed by atoms with van der Waals surface area (Å²) in [7, 11) is -6.61. The zero-order valence-corrected chi connectivity index (χ0v) is 29.7. The van der Waals surface area contributed by atoms with E-state index in [0.29, 0.717) is 6.61 Å². The maximum absolute atomic E-state index is 13.0. The molecule has 0 saturated carbocycles. The van der Waals surface area contributed by atoms with Crippen molar-refractivity contribution in [2.45, 2.75) is 141 Å². The van der Waals surface area contributed by atoms with Gasteiger partial charge < -0.3 is 23.7 Å². The van der Waals surface area contributed by atoms with Gasteiger partial charge in [-0.25, -0.2) is 4.79 Å². The smallest absolute Gasteiger partial charge is 0.351 e. The van der Waals surface area contributed by atoms with Crippen molar-refractivity contribution in [1.29, 1.82) is 0 Å². The topological polar surface area (TPSA) is 97.8 Å². The Labute approximate surface area is 234 Å². The lowest BCUT2D eigenvalue weighted by Gasteiger charge is -2.44. The van der Waals surface area contributed by atoms with Gasteiger partial charge in [-0.2, -0.15) is 4.98 Å². The van der Waals surface area contributed by atoms with Crippen LogP contribution in [0.4, 0.5) is 5.82 Å². The Kier molecular flexibility index (Phi) is 9.54. The average Bonchev–Trinajstić information content (AvgIpc) is 3.00. The van der Waals surface area contributed by atoms with E-state index in [1.807, 2.05) is 0 Å². The standard InChI is InChI=1S/C27H55N3O5Si3/c1-25(2,3)36(10,11)32-18-19-21(34-37(12,13)26(4,5)6)22(35-38(14,15)27(7,8)9)23(33-19)30-17-16-20(28)29-24(30)31/h16-17,19,21-23H,18H2,1-15H3,(H2,28,29,31)/t19-,21+,22-,23-/m1/s1. The Morgan fingerprint density at radius 2 is 1.29 bits per heavy atom. The molecule has 1 fully saturated rings. The second-order valence-corrected chi connectivity index (χ2v) is 29.7. The first kappa shape index (κ1) is 33.4. The van der Waals surface area contributed by atoms with Gasteiger partial charge in [0.25, 0.3) is 0 Å². The van der Waals surface area contributed by atoms with Crippen LogP contribution in [-0.4, -0.2) is 59.4 Å². The zero-order chi connectivity index (χ0) is 29.7. The second kappa shape index (κ2) is 10.9. The van der Waals surface area contributed by atoms with Gasteiger partial charge in [0.05, 0.1) is 6.61 Å². The largest absolute Gasteiger partial charge is 0.414 e. The molecular weight excluding hydrogens is 531 g/mol. The van der Waals surface area contributed by atoms with Crippen LogP contribution in [0.2, 0.25) is 54.4 Å². The van der Waals surface area contributed by atoms with E-state index < -0.39 is 55.2 Å². The summed E-state index contributed by atoms with van der Waals surface area (Å²) in [4.78, 5) is 17.0. The molecule has 1 saturated heterocycles. The highest BCUT2D eigenvalue weighted by molar-refractivity contribution is 6.75. The molecule has 0 radical (unpaired) electrons. The minimum atomic E-state index is -2.29. The van der Waals surface area contributed by atoms with Gasteiger partial charge in [-0.3, -0.25) is 4.57 Å². The highest BCUT2D eigenvalue weighted by Gasteiger charge is 2.55. The van der Waals surface area contributed by atoms with Crippen LogP contribution in [0.3, 0.4) is 0 Å². The molecule has 0 spiro atoms.